The van der Waals surface area contributed by atoms with E-state index in [1.54, 1.807) is 6.07 Å². The zero-order chi connectivity index (χ0) is 31.2. The van der Waals surface area contributed by atoms with Gasteiger partial charge in [0.2, 0.25) is 5.78 Å². The summed E-state index contributed by atoms with van der Waals surface area (Å²) in [6.45, 7) is 3.44. The number of para-hydroxylation sites is 2. The molecule has 1 fully saturated rings. The van der Waals surface area contributed by atoms with Gasteiger partial charge < -0.3 is 23.9 Å². The average Bonchev–Trinajstić information content (AvgIpc) is 3.71. The number of carbonyl (C=O) groups excluding carboxylic acids is 2. The summed E-state index contributed by atoms with van der Waals surface area (Å²) in [5.74, 6) is 1.85. The Morgan fingerprint density at radius 2 is 1.58 bits per heavy atom. The van der Waals surface area contributed by atoms with Crippen LogP contribution in [0.4, 0.5) is 0 Å². The van der Waals surface area contributed by atoms with Crippen molar-refractivity contribution in [2.45, 2.75) is 38.3 Å². The lowest BCUT2D eigenvalue weighted by Gasteiger charge is -2.33. The van der Waals surface area contributed by atoms with Crippen LogP contribution in [0.5, 0.6) is 0 Å². The molecule has 3 aromatic carbocycles. The van der Waals surface area contributed by atoms with Crippen LogP contribution in [0.2, 0.25) is 0 Å². The minimum absolute atomic E-state index is 0.0303. The Kier molecular flexibility index (Phi) is 9.52. The number of benzene rings is 3. The number of piperidine rings is 1. The average molecular weight is 605 g/mol. The molecule has 232 valence electrons. The number of aliphatic hydroxyl groups is 1. The molecule has 1 atom stereocenters. The number of carbonyl (C=O) groups is 2. The first kappa shape index (κ1) is 30.5. The number of likely N-dealkylation sites (tertiary alicyclic amines) is 1. The van der Waals surface area contributed by atoms with E-state index in [1.165, 1.54) is 5.56 Å². The molecule has 1 unspecified atom stereocenters. The number of likely N-dealkylation sites (N-methyl/N-ethyl adjacent to an activating group) is 1. The Bertz CT molecular complexity index is 1720. The van der Waals surface area contributed by atoms with Gasteiger partial charge in [0.25, 0.3) is 5.91 Å². The van der Waals surface area contributed by atoms with Crippen molar-refractivity contribution in [1.82, 2.24) is 19.4 Å². The Labute approximate surface area is 263 Å². The van der Waals surface area contributed by atoms with Crippen LogP contribution in [0.25, 0.3) is 11.0 Å². The first-order chi connectivity index (χ1) is 22.0. The molecule has 2 aromatic heterocycles. The van der Waals surface area contributed by atoms with E-state index in [1.807, 2.05) is 83.2 Å². The van der Waals surface area contributed by atoms with Gasteiger partial charge in [-0.15, -0.1) is 0 Å². The van der Waals surface area contributed by atoms with Crippen molar-refractivity contribution in [2.24, 2.45) is 5.92 Å². The number of ketones is 1. The third kappa shape index (κ3) is 7.08. The van der Waals surface area contributed by atoms with E-state index in [2.05, 4.69) is 29.2 Å². The van der Waals surface area contributed by atoms with Gasteiger partial charge in [-0.25, -0.2) is 4.98 Å². The van der Waals surface area contributed by atoms with Crippen molar-refractivity contribution in [3.8, 4) is 0 Å². The summed E-state index contributed by atoms with van der Waals surface area (Å²) in [5, 5.41) is 9.43. The topological polar surface area (TPSA) is 91.8 Å². The quantitative estimate of drug-likeness (QED) is 0.175. The molecule has 1 saturated heterocycles. The standard InChI is InChI=1S/C37H40N4O4/c1-39(37(44)29-12-6-3-7-13-29)24-30(27-10-4-2-5-11-27)20-23-40-21-18-28(19-22-40)35(43)36-38-33-14-8-9-15-34(33)41(36)25-31-16-17-32(26-42)45-31/h2-17,28,30,42H,18-26H2,1H3. The van der Waals surface area contributed by atoms with E-state index < -0.39 is 0 Å². The summed E-state index contributed by atoms with van der Waals surface area (Å²) < 4.78 is 7.69. The van der Waals surface area contributed by atoms with Gasteiger partial charge in [0.15, 0.2) is 5.82 Å². The van der Waals surface area contributed by atoms with Crippen molar-refractivity contribution < 1.29 is 19.1 Å². The molecular formula is C37H40N4O4. The number of aliphatic hydroxyl groups excluding tert-OH is 1. The molecule has 3 heterocycles. The predicted octanol–water partition coefficient (Wildman–Crippen LogP) is 6.01. The number of imidazole rings is 1. The lowest BCUT2D eigenvalue weighted by atomic mass is 9.90. The van der Waals surface area contributed by atoms with Crippen LogP contribution >= 0.6 is 0 Å². The highest BCUT2D eigenvalue weighted by atomic mass is 16.4. The maximum Gasteiger partial charge on any atom is 0.253 e. The second kappa shape index (κ2) is 14.1. The first-order valence-electron chi connectivity index (χ1n) is 15.8. The molecular weight excluding hydrogens is 564 g/mol. The van der Waals surface area contributed by atoms with Gasteiger partial charge in [0.1, 0.15) is 18.1 Å². The number of nitrogens with zero attached hydrogens (tertiary/aromatic N) is 4. The SMILES string of the molecule is CN(CC(CCN1CCC(C(=O)c2nc3ccccc3n2Cc2ccc(CO)o2)CC1)c1ccccc1)C(=O)c1ccccc1. The van der Waals surface area contributed by atoms with E-state index in [-0.39, 0.29) is 30.1 Å². The number of furan rings is 1. The summed E-state index contributed by atoms with van der Waals surface area (Å²) in [5.41, 5.74) is 3.61. The van der Waals surface area contributed by atoms with Gasteiger partial charge in [-0.1, -0.05) is 60.7 Å². The molecule has 1 amide bonds. The normalized spacial score (nSPS) is 14.9. The molecule has 0 saturated carbocycles. The van der Waals surface area contributed by atoms with Crippen LogP contribution in [0.15, 0.2) is 101 Å². The molecule has 45 heavy (non-hydrogen) atoms. The van der Waals surface area contributed by atoms with E-state index in [4.69, 9.17) is 9.40 Å². The smallest absolute Gasteiger partial charge is 0.253 e. The van der Waals surface area contributed by atoms with Crippen molar-refractivity contribution in [3.05, 3.63) is 126 Å². The lowest BCUT2D eigenvalue weighted by Crippen LogP contribution is -2.38. The van der Waals surface area contributed by atoms with Crippen LogP contribution in [0.1, 0.15) is 63.2 Å². The fraction of sp³-hybridized carbons (Fsp3) is 0.324. The maximum absolute atomic E-state index is 13.9. The Hall–Kier alpha value is -4.53. The van der Waals surface area contributed by atoms with Crippen LogP contribution in [0, 0.1) is 5.92 Å². The van der Waals surface area contributed by atoms with E-state index in [9.17, 15) is 14.7 Å². The molecule has 5 aromatic rings. The van der Waals surface area contributed by atoms with Crippen molar-refractivity contribution >= 4 is 22.7 Å². The molecule has 1 aliphatic heterocycles. The Morgan fingerprint density at radius 1 is 0.911 bits per heavy atom. The number of rotatable bonds is 12. The largest absolute Gasteiger partial charge is 0.462 e. The molecule has 8 nitrogen and oxygen atoms in total. The minimum atomic E-state index is -0.163. The Balaban J connectivity index is 1.10. The van der Waals surface area contributed by atoms with Crippen LogP contribution in [-0.2, 0) is 13.2 Å². The van der Waals surface area contributed by atoms with Gasteiger partial charge in [0.05, 0.1) is 17.6 Å². The van der Waals surface area contributed by atoms with E-state index >= 15 is 0 Å². The second-order valence-electron chi connectivity index (χ2n) is 12.0. The summed E-state index contributed by atoms with van der Waals surface area (Å²) >= 11 is 0. The van der Waals surface area contributed by atoms with Crippen LogP contribution in [0.3, 0.4) is 0 Å². The van der Waals surface area contributed by atoms with E-state index in [0.717, 1.165) is 49.9 Å². The number of fused-ring (bicyclic) bond motifs is 1. The highest BCUT2D eigenvalue weighted by molar-refractivity contribution is 5.98. The maximum atomic E-state index is 13.9. The minimum Gasteiger partial charge on any atom is -0.462 e. The third-order valence-corrected chi connectivity index (χ3v) is 8.95. The van der Waals surface area contributed by atoms with Crippen LogP contribution < -0.4 is 0 Å². The zero-order valence-electron chi connectivity index (χ0n) is 25.7. The Morgan fingerprint density at radius 3 is 2.29 bits per heavy atom. The fourth-order valence-electron chi connectivity index (χ4n) is 6.41. The molecule has 6 rings (SSSR count). The monoisotopic (exact) mass is 604 g/mol. The van der Waals surface area contributed by atoms with Crippen molar-refractivity contribution in [1.29, 1.82) is 0 Å². The zero-order valence-corrected chi connectivity index (χ0v) is 25.7. The van der Waals surface area contributed by atoms with Gasteiger partial charge in [-0.2, -0.15) is 0 Å². The molecule has 1 aliphatic rings. The molecule has 0 spiro atoms. The summed E-state index contributed by atoms with van der Waals surface area (Å²) in [6, 6.07) is 31.3. The van der Waals surface area contributed by atoms with Crippen LogP contribution in [-0.4, -0.2) is 69.4 Å². The van der Waals surface area contributed by atoms with Crippen molar-refractivity contribution in [2.75, 3.05) is 33.2 Å². The summed E-state index contributed by atoms with van der Waals surface area (Å²) in [4.78, 5) is 36.0. The number of aromatic nitrogens is 2. The van der Waals surface area contributed by atoms with Gasteiger partial charge in [-0.3, -0.25) is 9.59 Å². The number of hydrogen-bond donors (Lipinski definition) is 1. The number of hydrogen-bond acceptors (Lipinski definition) is 6. The molecule has 0 aliphatic carbocycles. The highest BCUT2D eigenvalue weighted by Crippen LogP contribution is 2.27. The highest BCUT2D eigenvalue weighted by Gasteiger charge is 2.30. The summed E-state index contributed by atoms with van der Waals surface area (Å²) in [6.07, 6.45) is 2.48. The summed E-state index contributed by atoms with van der Waals surface area (Å²) in [7, 11) is 1.88. The predicted molar refractivity (Wildman–Crippen MR) is 174 cm³/mol. The van der Waals surface area contributed by atoms with Gasteiger partial charge in [-0.05, 0) is 80.9 Å². The third-order valence-electron chi connectivity index (χ3n) is 8.95. The first-order valence-corrected chi connectivity index (χ1v) is 15.8. The molecule has 8 heteroatoms. The van der Waals surface area contributed by atoms with Crippen molar-refractivity contribution in [3.63, 3.8) is 0 Å². The van der Waals surface area contributed by atoms with Gasteiger partial charge in [0, 0.05) is 31.0 Å². The fourth-order valence-corrected chi connectivity index (χ4v) is 6.41. The van der Waals surface area contributed by atoms with E-state index in [0.29, 0.717) is 36.0 Å². The number of amides is 1. The lowest BCUT2D eigenvalue weighted by molar-refractivity contribution is 0.0779. The van der Waals surface area contributed by atoms with Gasteiger partial charge >= 0.3 is 0 Å². The molecule has 0 radical (unpaired) electrons. The molecule has 1 N–H and O–H groups in total. The number of Topliss-reactive ketones (excluding diaryl/α,β-unsaturated/α-hetero) is 1. The second-order valence-corrected chi connectivity index (χ2v) is 12.0. The molecule has 0 bridgehead atoms.